The maximum Gasteiger partial charge on any atom is 0.226 e. The van der Waals surface area contributed by atoms with Crippen LogP contribution in [-0.4, -0.2) is 25.6 Å². The smallest absolute Gasteiger partial charge is 0.226 e. The van der Waals surface area contributed by atoms with Gasteiger partial charge in [0.15, 0.2) is 5.65 Å². The summed E-state index contributed by atoms with van der Waals surface area (Å²) in [5.41, 5.74) is 2.08. The van der Waals surface area contributed by atoms with Crippen LogP contribution in [0.25, 0.3) is 5.65 Å². The summed E-state index contributed by atoms with van der Waals surface area (Å²) < 4.78 is 1.87. The fourth-order valence-corrected chi connectivity index (χ4v) is 2.02. The molecule has 0 amide bonds. The first kappa shape index (κ1) is 13.8. The molecule has 0 spiro atoms. The summed E-state index contributed by atoms with van der Waals surface area (Å²) in [6.07, 6.45) is 1.90. The van der Waals surface area contributed by atoms with Gasteiger partial charge in [0.1, 0.15) is 5.82 Å². The number of fused-ring (bicyclic) bond motifs is 1. The lowest BCUT2D eigenvalue weighted by molar-refractivity contribution is 0.699. The van der Waals surface area contributed by atoms with Gasteiger partial charge in [0.25, 0.3) is 0 Å². The van der Waals surface area contributed by atoms with Gasteiger partial charge < -0.3 is 5.32 Å². The van der Waals surface area contributed by atoms with E-state index >= 15 is 0 Å². The third-order valence-electron chi connectivity index (χ3n) is 2.98. The van der Waals surface area contributed by atoms with Gasteiger partial charge in [-0.3, -0.25) is 0 Å². The number of hydrogen-bond donors (Lipinski definition) is 1. The number of nitrogens with zero attached hydrogens (tertiary/aromatic N) is 4. The number of anilines is 1. The van der Waals surface area contributed by atoms with Crippen LogP contribution in [0.4, 0.5) is 5.95 Å². The molecule has 0 aromatic carbocycles. The highest BCUT2D eigenvalue weighted by molar-refractivity contribution is 5.51. The maximum atomic E-state index is 4.62. The number of aromatic nitrogens is 4. The molecule has 0 saturated heterocycles. The van der Waals surface area contributed by atoms with E-state index in [1.807, 2.05) is 10.7 Å². The molecule has 0 unspecified atom stereocenters. The van der Waals surface area contributed by atoms with E-state index < -0.39 is 0 Å². The fraction of sp³-hybridized carbons (Fsp3) is 0.643. The number of nitrogens with one attached hydrogen (secondary N) is 1. The second kappa shape index (κ2) is 5.15. The van der Waals surface area contributed by atoms with Crippen LogP contribution < -0.4 is 5.32 Å². The Hall–Kier alpha value is -1.65. The quantitative estimate of drug-likeness (QED) is 0.918. The van der Waals surface area contributed by atoms with Crippen molar-refractivity contribution in [1.82, 2.24) is 19.6 Å². The van der Waals surface area contributed by atoms with E-state index in [1.165, 1.54) is 0 Å². The van der Waals surface area contributed by atoms with Gasteiger partial charge in [0.05, 0.1) is 6.20 Å². The highest BCUT2D eigenvalue weighted by atomic mass is 15.3. The van der Waals surface area contributed by atoms with Crippen molar-refractivity contribution in [1.29, 1.82) is 0 Å². The molecule has 0 saturated carbocycles. The van der Waals surface area contributed by atoms with Crippen LogP contribution in [0, 0.1) is 0 Å². The van der Waals surface area contributed by atoms with Gasteiger partial charge in [-0.2, -0.15) is 15.1 Å². The highest BCUT2D eigenvalue weighted by Crippen LogP contribution is 2.23. The summed E-state index contributed by atoms with van der Waals surface area (Å²) in [4.78, 5) is 9.21. The molecule has 0 aliphatic carbocycles. The molecule has 2 heterocycles. The molecule has 0 aliphatic rings. The van der Waals surface area contributed by atoms with Crippen molar-refractivity contribution in [2.75, 3.05) is 5.32 Å². The zero-order valence-electron chi connectivity index (χ0n) is 12.6. The first-order valence-corrected chi connectivity index (χ1v) is 6.92. The monoisotopic (exact) mass is 261 g/mol. The van der Waals surface area contributed by atoms with Crippen molar-refractivity contribution in [2.24, 2.45) is 0 Å². The van der Waals surface area contributed by atoms with Crippen LogP contribution in [0.2, 0.25) is 0 Å². The Morgan fingerprint density at radius 3 is 2.21 bits per heavy atom. The van der Waals surface area contributed by atoms with Gasteiger partial charge in [-0.15, -0.1) is 0 Å². The standard InChI is InChI=1S/C14H23N5/c1-8(2)11-7-15-19-12(9(3)4)17-14(16-10(5)6)18-13(11)19/h7-10H,1-6H3,(H,16,18). The van der Waals surface area contributed by atoms with Crippen molar-refractivity contribution in [3.8, 4) is 0 Å². The van der Waals surface area contributed by atoms with E-state index in [1.54, 1.807) is 0 Å². The predicted octanol–water partition coefficient (Wildman–Crippen LogP) is 3.19. The predicted molar refractivity (Wildman–Crippen MR) is 77.7 cm³/mol. The van der Waals surface area contributed by atoms with Gasteiger partial charge in [0, 0.05) is 17.5 Å². The van der Waals surface area contributed by atoms with Crippen molar-refractivity contribution < 1.29 is 0 Å². The minimum absolute atomic E-state index is 0.304. The molecule has 0 aliphatic heterocycles. The van der Waals surface area contributed by atoms with Crippen LogP contribution in [0.15, 0.2) is 6.20 Å². The lowest BCUT2D eigenvalue weighted by Crippen LogP contribution is -2.16. The second-order valence-corrected chi connectivity index (χ2v) is 5.85. The van der Waals surface area contributed by atoms with Crippen LogP contribution in [0.1, 0.15) is 64.8 Å². The zero-order valence-corrected chi connectivity index (χ0v) is 12.6. The molecule has 2 aromatic heterocycles. The maximum absolute atomic E-state index is 4.62. The molecule has 0 bridgehead atoms. The van der Waals surface area contributed by atoms with Crippen LogP contribution >= 0.6 is 0 Å². The average molecular weight is 261 g/mol. The Morgan fingerprint density at radius 1 is 1.00 bits per heavy atom. The normalized spacial score (nSPS) is 12.1. The molecule has 0 fully saturated rings. The van der Waals surface area contributed by atoms with Gasteiger partial charge in [0.2, 0.25) is 5.95 Å². The summed E-state index contributed by atoms with van der Waals surface area (Å²) in [5.74, 6) is 2.34. The fourth-order valence-electron chi connectivity index (χ4n) is 2.02. The summed E-state index contributed by atoms with van der Waals surface area (Å²) in [6, 6.07) is 0.313. The molecular weight excluding hydrogens is 238 g/mol. The van der Waals surface area contributed by atoms with E-state index in [0.29, 0.717) is 23.8 Å². The second-order valence-electron chi connectivity index (χ2n) is 5.85. The summed E-state index contributed by atoms with van der Waals surface area (Å²) in [5, 5.41) is 7.73. The summed E-state index contributed by atoms with van der Waals surface area (Å²) in [7, 11) is 0. The molecule has 2 aromatic rings. The molecule has 19 heavy (non-hydrogen) atoms. The number of hydrogen-bond acceptors (Lipinski definition) is 4. The van der Waals surface area contributed by atoms with Crippen LogP contribution in [0.5, 0.6) is 0 Å². The first-order valence-electron chi connectivity index (χ1n) is 6.92. The van der Waals surface area contributed by atoms with Crippen LogP contribution in [-0.2, 0) is 0 Å². The molecular formula is C14H23N5. The van der Waals surface area contributed by atoms with Gasteiger partial charge in [-0.1, -0.05) is 27.7 Å². The lowest BCUT2D eigenvalue weighted by atomic mass is 10.1. The van der Waals surface area contributed by atoms with Crippen LogP contribution in [0.3, 0.4) is 0 Å². The molecule has 5 heteroatoms. The molecule has 5 nitrogen and oxygen atoms in total. The molecule has 1 N–H and O–H groups in total. The summed E-state index contributed by atoms with van der Waals surface area (Å²) in [6.45, 7) is 12.7. The lowest BCUT2D eigenvalue weighted by Gasteiger charge is -2.13. The number of rotatable bonds is 4. The molecule has 0 radical (unpaired) electrons. The van der Waals surface area contributed by atoms with E-state index in [0.717, 1.165) is 17.0 Å². The van der Waals surface area contributed by atoms with Crippen molar-refractivity contribution in [3.05, 3.63) is 17.6 Å². The third-order valence-corrected chi connectivity index (χ3v) is 2.98. The molecule has 104 valence electrons. The van der Waals surface area contributed by atoms with Crippen molar-refractivity contribution in [2.45, 2.75) is 59.4 Å². The Kier molecular flexibility index (Phi) is 3.73. The molecule has 0 atom stereocenters. The first-order chi connectivity index (χ1) is 8.90. The Labute approximate surface area is 114 Å². The van der Waals surface area contributed by atoms with E-state index in [-0.39, 0.29) is 0 Å². The van der Waals surface area contributed by atoms with E-state index in [9.17, 15) is 0 Å². The minimum Gasteiger partial charge on any atom is -0.352 e. The summed E-state index contributed by atoms with van der Waals surface area (Å²) >= 11 is 0. The Morgan fingerprint density at radius 2 is 1.68 bits per heavy atom. The SMILES string of the molecule is CC(C)Nc1nc(C(C)C)n2ncc(C(C)C)c2n1. The largest absolute Gasteiger partial charge is 0.352 e. The van der Waals surface area contributed by atoms with Gasteiger partial charge in [-0.25, -0.2) is 4.52 Å². The van der Waals surface area contributed by atoms with Crippen molar-refractivity contribution in [3.63, 3.8) is 0 Å². The Bertz CT molecular complexity index is 568. The van der Waals surface area contributed by atoms with Gasteiger partial charge >= 0.3 is 0 Å². The molecule has 2 rings (SSSR count). The van der Waals surface area contributed by atoms with E-state index in [2.05, 4.69) is 61.9 Å². The average Bonchev–Trinajstić information content (AvgIpc) is 2.70. The Balaban J connectivity index is 2.64. The van der Waals surface area contributed by atoms with Gasteiger partial charge in [-0.05, 0) is 19.8 Å². The third kappa shape index (κ3) is 2.69. The topological polar surface area (TPSA) is 55.1 Å². The van der Waals surface area contributed by atoms with Crippen molar-refractivity contribution >= 4 is 11.6 Å². The zero-order chi connectivity index (χ0) is 14.2. The minimum atomic E-state index is 0.304. The highest BCUT2D eigenvalue weighted by Gasteiger charge is 2.16. The van der Waals surface area contributed by atoms with E-state index in [4.69, 9.17) is 0 Å².